The zero-order valence-electron chi connectivity index (χ0n) is 12.0. The molecule has 0 saturated heterocycles. The Morgan fingerprint density at radius 3 is 2.22 bits per heavy atom. The number of rotatable bonds is 6. The molecule has 1 saturated carbocycles. The fourth-order valence-electron chi connectivity index (χ4n) is 2.49. The van der Waals surface area contributed by atoms with E-state index in [-0.39, 0.29) is 0 Å². The minimum absolute atomic E-state index is 0.456. The van der Waals surface area contributed by atoms with Gasteiger partial charge in [-0.25, -0.2) is 0 Å². The molecule has 0 spiro atoms. The molecule has 1 atom stereocenters. The van der Waals surface area contributed by atoms with Gasteiger partial charge in [0.25, 0.3) is 0 Å². The molecule has 0 aromatic heterocycles. The Labute approximate surface area is 116 Å². The van der Waals surface area contributed by atoms with Crippen LogP contribution in [-0.4, -0.2) is 12.8 Å². The summed E-state index contributed by atoms with van der Waals surface area (Å²) in [6, 6.07) is 9.38. The molecule has 1 fully saturated rings. The molecule has 1 aliphatic rings. The summed E-state index contributed by atoms with van der Waals surface area (Å²) in [4.78, 5) is 1.34. The molecule has 0 bridgehead atoms. The number of hydrogen-bond acceptors (Lipinski definition) is 2. The lowest BCUT2D eigenvalue weighted by Crippen LogP contribution is -2.29. The third-order valence-corrected chi connectivity index (χ3v) is 5.24. The normalized spacial score (nSPS) is 18.9. The third kappa shape index (κ3) is 3.10. The van der Waals surface area contributed by atoms with E-state index < -0.39 is 0 Å². The molecule has 100 valence electrons. The summed E-state index contributed by atoms with van der Waals surface area (Å²) < 4.78 is 0. The Bertz CT molecular complexity index is 379. The van der Waals surface area contributed by atoms with Crippen LogP contribution >= 0.6 is 11.8 Å². The van der Waals surface area contributed by atoms with Crippen molar-refractivity contribution in [1.29, 1.82) is 0 Å². The Kier molecular flexibility index (Phi) is 4.39. The fourth-order valence-corrected chi connectivity index (χ4v) is 2.89. The second-order valence-electron chi connectivity index (χ2n) is 5.89. The highest BCUT2D eigenvalue weighted by Gasteiger charge is 2.44. The molecule has 1 aliphatic carbocycles. The van der Waals surface area contributed by atoms with E-state index in [9.17, 15) is 0 Å². The van der Waals surface area contributed by atoms with Crippen molar-refractivity contribution in [3.05, 3.63) is 29.8 Å². The van der Waals surface area contributed by atoms with Gasteiger partial charge in [0.1, 0.15) is 0 Å². The molecule has 18 heavy (non-hydrogen) atoms. The summed E-state index contributed by atoms with van der Waals surface area (Å²) in [6.07, 6.45) is 4.92. The van der Waals surface area contributed by atoms with Gasteiger partial charge in [-0.05, 0) is 55.1 Å². The second kappa shape index (κ2) is 5.66. The molecule has 0 radical (unpaired) electrons. The Hall–Kier alpha value is -0.470. The zero-order valence-corrected chi connectivity index (χ0v) is 12.8. The molecule has 1 aromatic carbocycles. The molecule has 0 amide bonds. The van der Waals surface area contributed by atoms with Gasteiger partial charge in [0, 0.05) is 17.5 Å². The average molecular weight is 263 g/mol. The van der Waals surface area contributed by atoms with Crippen molar-refractivity contribution in [1.82, 2.24) is 5.32 Å². The van der Waals surface area contributed by atoms with E-state index in [1.54, 1.807) is 11.8 Å². The molecule has 2 rings (SSSR count). The first-order valence-electron chi connectivity index (χ1n) is 6.95. The smallest absolute Gasteiger partial charge is 0.0292 e. The minimum Gasteiger partial charge on any atom is -0.310 e. The lowest BCUT2D eigenvalue weighted by molar-refractivity contribution is 0.325. The minimum atomic E-state index is 0.456. The van der Waals surface area contributed by atoms with Crippen LogP contribution in [0.4, 0.5) is 0 Å². The van der Waals surface area contributed by atoms with Crippen LogP contribution in [0.25, 0.3) is 0 Å². The molecular weight excluding hydrogens is 238 g/mol. The molecule has 1 aromatic rings. The fraction of sp³-hybridized carbons (Fsp3) is 0.625. The summed E-state index contributed by atoms with van der Waals surface area (Å²) in [7, 11) is 0. The van der Waals surface area contributed by atoms with Gasteiger partial charge in [0.2, 0.25) is 0 Å². The maximum atomic E-state index is 3.71. The van der Waals surface area contributed by atoms with Crippen molar-refractivity contribution in [2.24, 2.45) is 11.3 Å². The largest absolute Gasteiger partial charge is 0.310 e. The molecule has 0 aliphatic heterocycles. The van der Waals surface area contributed by atoms with Gasteiger partial charge >= 0.3 is 0 Å². The lowest BCUT2D eigenvalue weighted by Gasteiger charge is -2.23. The van der Waals surface area contributed by atoms with Crippen LogP contribution in [0, 0.1) is 11.3 Å². The first-order valence-corrected chi connectivity index (χ1v) is 8.17. The van der Waals surface area contributed by atoms with Gasteiger partial charge < -0.3 is 5.32 Å². The van der Waals surface area contributed by atoms with Gasteiger partial charge in [-0.3, -0.25) is 0 Å². The van der Waals surface area contributed by atoms with Crippen molar-refractivity contribution < 1.29 is 0 Å². The Morgan fingerprint density at radius 1 is 1.17 bits per heavy atom. The first-order chi connectivity index (χ1) is 8.57. The molecule has 2 heteroatoms. The quantitative estimate of drug-likeness (QED) is 0.759. The molecular formula is C16H25NS. The molecule has 0 heterocycles. The van der Waals surface area contributed by atoms with E-state index in [1.807, 2.05) is 0 Å². The monoisotopic (exact) mass is 263 g/mol. The van der Waals surface area contributed by atoms with Crippen molar-refractivity contribution >= 4 is 11.8 Å². The topological polar surface area (TPSA) is 12.0 Å². The van der Waals surface area contributed by atoms with E-state index >= 15 is 0 Å². The first kappa shape index (κ1) is 14.0. The lowest BCUT2D eigenvalue weighted by atomic mass is 9.92. The third-order valence-electron chi connectivity index (χ3n) is 4.49. The van der Waals surface area contributed by atoms with Crippen molar-refractivity contribution in [2.45, 2.75) is 44.6 Å². The highest BCUT2D eigenvalue weighted by atomic mass is 32.2. The highest BCUT2D eigenvalue weighted by Crippen LogP contribution is 2.51. The summed E-state index contributed by atoms with van der Waals surface area (Å²) in [5.41, 5.74) is 1.99. The summed E-state index contributed by atoms with van der Waals surface area (Å²) in [5, 5.41) is 3.71. The van der Waals surface area contributed by atoms with Gasteiger partial charge in [-0.2, -0.15) is 0 Å². The molecule has 1 unspecified atom stereocenters. The second-order valence-corrected chi connectivity index (χ2v) is 6.77. The highest BCUT2D eigenvalue weighted by molar-refractivity contribution is 7.98. The van der Waals surface area contributed by atoms with Gasteiger partial charge in [-0.1, -0.05) is 26.0 Å². The maximum Gasteiger partial charge on any atom is 0.0292 e. The van der Waals surface area contributed by atoms with E-state index in [2.05, 4.69) is 56.6 Å². The number of hydrogen-bond donors (Lipinski definition) is 1. The van der Waals surface area contributed by atoms with Crippen LogP contribution in [0.2, 0.25) is 0 Å². The Balaban J connectivity index is 1.89. The van der Waals surface area contributed by atoms with Crippen LogP contribution in [0.15, 0.2) is 29.2 Å². The average Bonchev–Trinajstić information content (AvgIpc) is 3.17. The van der Waals surface area contributed by atoms with Gasteiger partial charge in [0.15, 0.2) is 0 Å². The zero-order chi connectivity index (χ0) is 13.2. The number of benzene rings is 1. The van der Waals surface area contributed by atoms with Crippen LogP contribution in [-0.2, 0) is 0 Å². The molecule has 1 N–H and O–H groups in total. The van der Waals surface area contributed by atoms with E-state index in [4.69, 9.17) is 0 Å². The standard InChI is InChI=1S/C16H25NS/c1-12(2)16(9-10-16)11-17-13(3)14-5-7-15(18-4)8-6-14/h5-8,12-13,17H,9-11H2,1-4H3. The predicted octanol–water partition coefficient (Wildman–Crippen LogP) is 4.50. The van der Waals surface area contributed by atoms with E-state index in [0.717, 1.165) is 12.5 Å². The van der Waals surface area contributed by atoms with Gasteiger partial charge in [-0.15, -0.1) is 11.8 Å². The van der Waals surface area contributed by atoms with Crippen LogP contribution in [0.3, 0.4) is 0 Å². The van der Waals surface area contributed by atoms with Crippen molar-refractivity contribution in [3.63, 3.8) is 0 Å². The maximum absolute atomic E-state index is 3.71. The molecule has 1 nitrogen and oxygen atoms in total. The van der Waals surface area contributed by atoms with Gasteiger partial charge in [0.05, 0.1) is 0 Å². The van der Waals surface area contributed by atoms with Crippen LogP contribution in [0.1, 0.15) is 45.2 Å². The summed E-state index contributed by atoms with van der Waals surface area (Å²) in [6.45, 7) is 8.14. The van der Waals surface area contributed by atoms with Crippen LogP contribution in [0.5, 0.6) is 0 Å². The van der Waals surface area contributed by atoms with Crippen molar-refractivity contribution in [3.8, 4) is 0 Å². The van der Waals surface area contributed by atoms with Crippen molar-refractivity contribution in [2.75, 3.05) is 12.8 Å². The number of thioether (sulfide) groups is 1. The number of nitrogens with one attached hydrogen (secondary N) is 1. The summed E-state index contributed by atoms with van der Waals surface area (Å²) in [5.74, 6) is 0.802. The van der Waals surface area contributed by atoms with E-state index in [0.29, 0.717) is 11.5 Å². The Morgan fingerprint density at radius 2 is 1.78 bits per heavy atom. The SMILES string of the molecule is CSc1ccc(C(C)NCC2(C(C)C)CC2)cc1. The summed E-state index contributed by atoms with van der Waals surface area (Å²) >= 11 is 1.80. The predicted molar refractivity (Wildman–Crippen MR) is 81.1 cm³/mol. The van der Waals surface area contributed by atoms with E-state index in [1.165, 1.54) is 23.3 Å². The van der Waals surface area contributed by atoms with Crippen LogP contribution < -0.4 is 5.32 Å².